The number of carbonyl (C=O) groups excluding carboxylic acids is 1. The molecule has 19 heavy (non-hydrogen) atoms. The van der Waals surface area contributed by atoms with Crippen molar-refractivity contribution < 1.29 is 22.4 Å². The second-order valence-electron chi connectivity index (χ2n) is 4.64. The van der Waals surface area contributed by atoms with Crippen LogP contribution in [0.1, 0.15) is 29.8 Å². The Hall–Kier alpha value is -1.43. The molecule has 6 heteroatoms. The topological polar surface area (TPSA) is 43.1 Å². The minimum atomic E-state index is -4.82. The third-order valence-electron chi connectivity index (χ3n) is 2.95. The number of hydrogen-bond donors (Lipinski definition) is 1. The predicted molar refractivity (Wildman–Crippen MR) is 63.1 cm³/mol. The summed E-state index contributed by atoms with van der Waals surface area (Å²) in [7, 11) is 0. The molecule has 1 atom stereocenters. The van der Waals surface area contributed by atoms with Crippen LogP contribution in [-0.4, -0.2) is 12.3 Å². The van der Waals surface area contributed by atoms with Crippen molar-refractivity contribution in [3.8, 4) is 0 Å². The van der Waals surface area contributed by atoms with E-state index in [1.165, 1.54) is 0 Å². The molecular formula is C13H15F4NO. The summed E-state index contributed by atoms with van der Waals surface area (Å²) in [6.07, 6.45) is -4.82. The zero-order valence-corrected chi connectivity index (χ0v) is 10.6. The van der Waals surface area contributed by atoms with Crippen molar-refractivity contribution in [1.82, 2.24) is 0 Å². The van der Waals surface area contributed by atoms with E-state index in [-0.39, 0.29) is 18.0 Å². The van der Waals surface area contributed by atoms with Gasteiger partial charge in [0.1, 0.15) is 5.82 Å². The van der Waals surface area contributed by atoms with Crippen molar-refractivity contribution in [3.63, 3.8) is 0 Å². The molecule has 1 rings (SSSR count). The molecule has 1 aromatic rings. The number of nitrogens with two attached hydrogens (primary N) is 1. The third kappa shape index (κ3) is 3.53. The first-order chi connectivity index (χ1) is 8.68. The van der Waals surface area contributed by atoms with Crippen molar-refractivity contribution in [3.05, 3.63) is 35.1 Å². The van der Waals surface area contributed by atoms with Crippen molar-refractivity contribution in [1.29, 1.82) is 0 Å². The molecule has 0 aromatic heterocycles. The van der Waals surface area contributed by atoms with Gasteiger partial charge in [-0.15, -0.1) is 0 Å². The maximum Gasteiger partial charge on any atom is 0.419 e. The Bertz CT molecular complexity index is 468. The van der Waals surface area contributed by atoms with Gasteiger partial charge in [0.2, 0.25) is 0 Å². The lowest BCUT2D eigenvalue weighted by molar-refractivity contribution is -0.140. The zero-order valence-electron chi connectivity index (χ0n) is 10.6. The average molecular weight is 277 g/mol. The maximum atomic E-state index is 13.1. The van der Waals surface area contributed by atoms with E-state index in [0.29, 0.717) is 12.1 Å². The van der Waals surface area contributed by atoms with E-state index in [2.05, 4.69) is 0 Å². The van der Waals surface area contributed by atoms with Gasteiger partial charge in [0.05, 0.1) is 5.56 Å². The van der Waals surface area contributed by atoms with Crippen LogP contribution in [0.25, 0.3) is 0 Å². The predicted octanol–water partition coefficient (Wildman–Crippen LogP) is 3.26. The van der Waals surface area contributed by atoms with Crippen molar-refractivity contribution >= 4 is 5.78 Å². The molecule has 0 saturated heterocycles. The van der Waals surface area contributed by atoms with E-state index in [1.807, 2.05) is 0 Å². The van der Waals surface area contributed by atoms with Crippen LogP contribution in [0.2, 0.25) is 0 Å². The highest BCUT2D eigenvalue weighted by atomic mass is 19.4. The number of Topliss-reactive ketones (excluding diaryl/α,β-unsaturated/α-hetero) is 1. The molecule has 1 unspecified atom stereocenters. The lowest BCUT2D eigenvalue weighted by Gasteiger charge is -2.18. The van der Waals surface area contributed by atoms with E-state index in [9.17, 15) is 22.4 Å². The van der Waals surface area contributed by atoms with E-state index >= 15 is 0 Å². The van der Waals surface area contributed by atoms with Gasteiger partial charge in [-0.2, -0.15) is 13.2 Å². The summed E-state index contributed by atoms with van der Waals surface area (Å²) in [5.41, 5.74) is 3.85. The first-order valence-corrected chi connectivity index (χ1v) is 5.79. The van der Waals surface area contributed by atoms with Crippen molar-refractivity contribution in [2.24, 2.45) is 17.6 Å². The maximum absolute atomic E-state index is 13.1. The second kappa shape index (κ2) is 5.69. The fourth-order valence-corrected chi connectivity index (χ4v) is 1.79. The van der Waals surface area contributed by atoms with Crippen LogP contribution in [0.5, 0.6) is 0 Å². The average Bonchev–Trinajstić information content (AvgIpc) is 2.28. The fraction of sp³-hybridized carbons (Fsp3) is 0.462. The Morgan fingerprint density at radius 1 is 1.32 bits per heavy atom. The molecule has 0 amide bonds. The molecule has 2 N–H and O–H groups in total. The van der Waals surface area contributed by atoms with E-state index < -0.39 is 29.3 Å². The molecule has 0 heterocycles. The van der Waals surface area contributed by atoms with Crippen LogP contribution < -0.4 is 5.73 Å². The molecule has 0 fully saturated rings. The van der Waals surface area contributed by atoms with Gasteiger partial charge in [-0.25, -0.2) is 4.39 Å². The van der Waals surface area contributed by atoms with Gasteiger partial charge in [-0.1, -0.05) is 13.8 Å². The fourth-order valence-electron chi connectivity index (χ4n) is 1.79. The number of benzene rings is 1. The van der Waals surface area contributed by atoms with E-state index in [4.69, 9.17) is 5.73 Å². The Balaban J connectivity index is 3.19. The molecule has 0 radical (unpaired) electrons. The molecule has 2 nitrogen and oxygen atoms in total. The Kier molecular flexibility index (Phi) is 4.68. The highest BCUT2D eigenvalue weighted by molar-refractivity contribution is 5.98. The Morgan fingerprint density at radius 2 is 1.89 bits per heavy atom. The first-order valence-electron chi connectivity index (χ1n) is 5.79. The van der Waals surface area contributed by atoms with Crippen molar-refractivity contribution in [2.45, 2.75) is 20.0 Å². The van der Waals surface area contributed by atoms with Crippen LogP contribution in [0, 0.1) is 17.7 Å². The van der Waals surface area contributed by atoms with Gasteiger partial charge in [0.15, 0.2) is 5.78 Å². The normalized spacial score (nSPS) is 13.7. The largest absolute Gasteiger partial charge is 0.419 e. The molecule has 0 bridgehead atoms. The summed E-state index contributed by atoms with van der Waals surface area (Å²) in [5.74, 6) is -2.57. The van der Waals surface area contributed by atoms with Gasteiger partial charge in [-0.3, -0.25) is 4.79 Å². The summed E-state index contributed by atoms with van der Waals surface area (Å²) in [4.78, 5) is 12.0. The number of ketones is 1. The minimum absolute atomic E-state index is 0.0369. The number of hydrogen-bond acceptors (Lipinski definition) is 2. The van der Waals surface area contributed by atoms with Crippen LogP contribution in [0.15, 0.2) is 18.2 Å². The lowest BCUT2D eigenvalue weighted by atomic mass is 9.87. The number of alkyl halides is 3. The van der Waals surface area contributed by atoms with E-state index in [1.54, 1.807) is 13.8 Å². The molecule has 0 aliphatic carbocycles. The Labute approximate surface area is 108 Å². The molecule has 1 aromatic carbocycles. The van der Waals surface area contributed by atoms with Crippen LogP contribution in [-0.2, 0) is 6.18 Å². The van der Waals surface area contributed by atoms with Gasteiger partial charge in [0, 0.05) is 18.0 Å². The lowest BCUT2D eigenvalue weighted by Crippen LogP contribution is -2.28. The van der Waals surface area contributed by atoms with Gasteiger partial charge in [-0.05, 0) is 24.1 Å². The smallest absolute Gasteiger partial charge is 0.330 e. The summed E-state index contributed by atoms with van der Waals surface area (Å²) in [5, 5.41) is 0. The third-order valence-corrected chi connectivity index (χ3v) is 2.95. The summed E-state index contributed by atoms with van der Waals surface area (Å²) in [6.45, 7) is 3.54. The quantitative estimate of drug-likeness (QED) is 0.678. The molecular weight excluding hydrogens is 262 g/mol. The SMILES string of the molecule is CC(C)C(CN)C(=O)c1ccc(F)c(C(F)(F)F)c1. The minimum Gasteiger partial charge on any atom is -0.330 e. The van der Waals surface area contributed by atoms with Crippen molar-refractivity contribution in [2.75, 3.05) is 6.54 Å². The molecule has 106 valence electrons. The summed E-state index contributed by atoms with van der Waals surface area (Å²) < 4.78 is 50.8. The van der Waals surface area contributed by atoms with Gasteiger partial charge in [0.25, 0.3) is 0 Å². The molecule has 0 aliphatic heterocycles. The summed E-state index contributed by atoms with van der Waals surface area (Å²) >= 11 is 0. The number of carbonyl (C=O) groups is 1. The molecule has 0 spiro atoms. The number of halogens is 4. The van der Waals surface area contributed by atoms with Gasteiger partial charge >= 0.3 is 6.18 Å². The first kappa shape index (κ1) is 15.6. The Morgan fingerprint density at radius 3 is 2.32 bits per heavy atom. The van der Waals surface area contributed by atoms with E-state index in [0.717, 1.165) is 6.07 Å². The zero-order chi connectivity index (χ0) is 14.8. The van der Waals surface area contributed by atoms with Crippen LogP contribution in [0.4, 0.5) is 17.6 Å². The number of rotatable bonds is 4. The highest BCUT2D eigenvalue weighted by Gasteiger charge is 2.35. The summed E-state index contributed by atoms with van der Waals surface area (Å²) in [6, 6.07) is 2.25. The standard InChI is InChI=1S/C13H15F4NO/c1-7(2)9(6-18)12(19)8-3-4-11(14)10(5-8)13(15,16)17/h3-5,7,9H,6,18H2,1-2H3. The van der Waals surface area contributed by atoms with Crippen LogP contribution >= 0.6 is 0 Å². The molecule has 0 aliphatic rings. The highest BCUT2D eigenvalue weighted by Crippen LogP contribution is 2.32. The van der Waals surface area contributed by atoms with Gasteiger partial charge < -0.3 is 5.73 Å². The molecule has 0 saturated carbocycles. The second-order valence-corrected chi connectivity index (χ2v) is 4.64. The van der Waals surface area contributed by atoms with Crippen LogP contribution in [0.3, 0.4) is 0 Å². The monoisotopic (exact) mass is 277 g/mol.